The van der Waals surface area contributed by atoms with Gasteiger partial charge in [0.15, 0.2) is 11.2 Å². The molecule has 7 nitrogen and oxygen atoms in total. The highest BCUT2D eigenvalue weighted by Gasteiger charge is 2.19. The van der Waals surface area contributed by atoms with Gasteiger partial charge in [-0.15, -0.1) is 0 Å². The molecule has 7 heteroatoms. The number of aryl methyl sites for hydroxylation is 2. The molecule has 0 fully saturated rings. The Balaban J connectivity index is 2.26. The van der Waals surface area contributed by atoms with E-state index >= 15 is 0 Å². The fraction of sp³-hybridized carbons (Fsp3) is 0.421. The van der Waals surface area contributed by atoms with Gasteiger partial charge in [0.25, 0.3) is 5.56 Å². The molecule has 138 valence electrons. The van der Waals surface area contributed by atoms with Gasteiger partial charge in [0.2, 0.25) is 0 Å². The van der Waals surface area contributed by atoms with Crippen molar-refractivity contribution >= 4 is 11.2 Å². The highest BCUT2D eigenvalue weighted by Crippen LogP contribution is 2.15. The van der Waals surface area contributed by atoms with Crippen LogP contribution in [0.3, 0.4) is 0 Å². The molecule has 0 amide bonds. The molecule has 0 bridgehead atoms. The maximum absolute atomic E-state index is 13.0. The molecular weight excluding hydrogens is 332 g/mol. The van der Waals surface area contributed by atoms with E-state index in [0.29, 0.717) is 24.1 Å². The van der Waals surface area contributed by atoms with Crippen molar-refractivity contribution in [2.75, 3.05) is 6.61 Å². The zero-order valence-corrected chi connectivity index (χ0v) is 15.2. The second-order valence-corrected chi connectivity index (χ2v) is 6.40. The first-order valence-electron chi connectivity index (χ1n) is 8.92. The molecule has 0 spiro atoms. The van der Waals surface area contributed by atoms with Gasteiger partial charge in [0, 0.05) is 33.2 Å². The zero-order chi connectivity index (χ0) is 18.7. The molecule has 0 radical (unpaired) electrons. The lowest BCUT2D eigenvalue weighted by atomic mass is 10.2. The predicted octanol–water partition coefficient (Wildman–Crippen LogP) is 1.28. The SMILES string of the molecule is CCCc1nc2c(c(=O)n(CCCO)c(=O)n2C)n1Cc1ccccc1. The number of imidazole rings is 1. The van der Waals surface area contributed by atoms with Crippen molar-refractivity contribution in [2.24, 2.45) is 7.05 Å². The monoisotopic (exact) mass is 356 g/mol. The summed E-state index contributed by atoms with van der Waals surface area (Å²) in [5, 5.41) is 9.07. The van der Waals surface area contributed by atoms with E-state index in [9.17, 15) is 9.59 Å². The lowest BCUT2D eigenvalue weighted by Crippen LogP contribution is -2.40. The fourth-order valence-corrected chi connectivity index (χ4v) is 3.19. The Hall–Kier alpha value is -2.67. The number of aromatic nitrogens is 4. The standard InChI is InChI=1S/C19H24N4O3/c1-3-8-15-20-17-16(23(15)13-14-9-5-4-6-10-14)18(25)22(11-7-12-24)19(26)21(17)2/h4-6,9-10,24H,3,7-8,11-13H2,1-2H3. The van der Waals surface area contributed by atoms with Crippen LogP contribution in [0.2, 0.25) is 0 Å². The van der Waals surface area contributed by atoms with Gasteiger partial charge in [-0.1, -0.05) is 37.3 Å². The first-order chi connectivity index (χ1) is 12.6. The van der Waals surface area contributed by atoms with Crippen LogP contribution in [0.1, 0.15) is 31.2 Å². The summed E-state index contributed by atoms with van der Waals surface area (Å²) in [7, 11) is 1.63. The Labute approximate surface area is 151 Å². The first kappa shape index (κ1) is 18.1. The van der Waals surface area contributed by atoms with Crippen LogP contribution in [0, 0.1) is 0 Å². The second-order valence-electron chi connectivity index (χ2n) is 6.40. The predicted molar refractivity (Wildman–Crippen MR) is 100 cm³/mol. The summed E-state index contributed by atoms with van der Waals surface area (Å²) in [6.45, 7) is 2.71. The van der Waals surface area contributed by atoms with Gasteiger partial charge in [-0.25, -0.2) is 9.78 Å². The minimum Gasteiger partial charge on any atom is -0.396 e. The first-order valence-corrected chi connectivity index (χ1v) is 8.92. The van der Waals surface area contributed by atoms with Crippen LogP contribution in [0.25, 0.3) is 11.2 Å². The normalized spacial score (nSPS) is 11.3. The summed E-state index contributed by atoms with van der Waals surface area (Å²) in [6.07, 6.45) is 1.98. The largest absolute Gasteiger partial charge is 0.396 e. The van der Waals surface area contributed by atoms with Crippen LogP contribution in [0.4, 0.5) is 0 Å². The Morgan fingerprint density at radius 1 is 1.12 bits per heavy atom. The summed E-state index contributed by atoms with van der Waals surface area (Å²) < 4.78 is 4.54. The highest BCUT2D eigenvalue weighted by atomic mass is 16.3. The van der Waals surface area contributed by atoms with Crippen LogP contribution in [0.15, 0.2) is 39.9 Å². The Bertz CT molecular complexity index is 1020. The molecule has 0 aliphatic heterocycles. The molecule has 1 aromatic carbocycles. The summed E-state index contributed by atoms with van der Waals surface area (Å²) in [5.41, 5.74) is 1.18. The summed E-state index contributed by atoms with van der Waals surface area (Å²) in [6, 6.07) is 9.89. The summed E-state index contributed by atoms with van der Waals surface area (Å²) in [4.78, 5) is 30.2. The van der Waals surface area contributed by atoms with E-state index in [1.807, 2.05) is 34.9 Å². The smallest absolute Gasteiger partial charge is 0.332 e. The Morgan fingerprint density at radius 2 is 1.85 bits per heavy atom. The minimum atomic E-state index is -0.400. The third-order valence-electron chi connectivity index (χ3n) is 4.51. The van der Waals surface area contributed by atoms with Gasteiger partial charge < -0.3 is 9.67 Å². The van der Waals surface area contributed by atoms with Crippen molar-refractivity contribution in [1.82, 2.24) is 18.7 Å². The van der Waals surface area contributed by atoms with E-state index in [1.165, 1.54) is 9.13 Å². The molecule has 0 saturated carbocycles. The fourth-order valence-electron chi connectivity index (χ4n) is 3.19. The van der Waals surface area contributed by atoms with Gasteiger partial charge in [0.1, 0.15) is 5.82 Å². The second kappa shape index (κ2) is 7.70. The third-order valence-corrected chi connectivity index (χ3v) is 4.51. The van der Waals surface area contributed by atoms with Crippen LogP contribution in [-0.4, -0.2) is 30.4 Å². The number of aliphatic hydroxyl groups is 1. The minimum absolute atomic E-state index is 0.0714. The highest BCUT2D eigenvalue weighted by molar-refractivity contribution is 5.71. The Kier molecular flexibility index (Phi) is 5.37. The molecule has 0 unspecified atom stereocenters. The average Bonchev–Trinajstić information content (AvgIpc) is 3.00. The van der Waals surface area contributed by atoms with E-state index in [4.69, 9.17) is 5.11 Å². The summed E-state index contributed by atoms with van der Waals surface area (Å²) in [5.74, 6) is 0.804. The molecule has 0 aliphatic rings. The molecule has 0 atom stereocenters. The number of nitrogens with zero attached hydrogens (tertiary/aromatic N) is 4. The van der Waals surface area contributed by atoms with Gasteiger partial charge in [-0.2, -0.15) is 0 Å². The molecule has 3 aromatic rings. The summed E-state index contributed by atoms with van der Waals surface area (Å²) >= 11 is 0. The maximum atomic E-state index is 13.0. The van der Waals surface area contributed by atoms with Crippen molar-refractivity contribution in [3.05, 3.63) is 62.6 Å². The molecular formula is C19H24N4O3. The van der Waals surface area contributed by atoms with E-state index in [1.54, 1.807) is 7.05 Å². The molecule has 0 saturated heterocycles. The average molecular weight is 356 g/mol. The van der Waals surface area contributed by atoms with Gasteiger partial charge in [-0.3, -0.25) is 13.9 Å². The number of benzene rings is 1. The van der Waals surface area contributed by atoms with E-state index in [-0.39, 0.29) is 18.7 Å². The van der Waals surface area contributed by atoms with Crippen molar-refractivity contribution in [3.8, 4) is 0 Å². The lowest BCUT2D eigenvalue weighted by molar-refractivity contribution is 0.277. The number of fused-ring (bicyclic) bond motifs is 1. The number of hydrogen-bond acceptors (Lipinski definition) is 4. The molecule has 26 heavy (non-hydrogen) atoms. The van der Waals surface area contributed by atoms with Gasteiger partial charge >= 0.3 is 5.69 Å². The van der Waals surface area contributed by atoms with Crippen molar-refractivity contribution in [2.45, 2.75) is 39.3 Å². The third kappa shape index (κ3) is 3.22. The zero-order valence-electron chi connectivity index (χ0n) is 15.2. The lowest BCUT2D eigenvalue weighted by Gasteiger charge is -2.11. The van der Waals surface area contributed by atoms with Crippen LogP contribution >= 0.6 is 0 Å². The molecule has 2 heterocycles. The van der Waals surface area contributed by atoms with E-state index in [0.717, 1.165) is 24.2 Å². The van der Waals surface area contributed by atoms with E-state index < -0.39 is 5.69 Å². The molecule has 1 N–H and O–H groups in total. The topological polar surface area (TPSA) is 82.1 Å². The van der Waals surface area contributed by atoms with E-state index in [2.05, 4.69) is 11.9 Å². The number of hydrogen-bond donors (Lipinski definition) is 1. The maximum Gasteiger partial charge on any atom is 0.332 e. The van der Waals surface area contributed by atoms with Gasteiger partial charge in [-0.05, 0) is 18.4 Å². The number of rotatable bonds is 7. The quantitative estimate of drug-likeness (QED) is 0.691. The molecule has 0 aliphatic carbocycles. The molecule has 3 rings (SSSR count). The van der Waals surface area contributed by atoms with Crippen molar-refractivity contribution in [1.29, 1.82) is 0 Å². The van der Waals surface area contributed by atoms with Crippen LogP contribution < -0.4 is 11.2 Å². The van der Waals surface area contributed by atoms with Gasteiger partial charge in [0.05, 0.1) is 0 Å². The Morgan fingerprint density at radius 3 is 2.50 bits per heavy atom. The van der Waals surface area contributed by atoms with Crippen LogP contribution in [0.5, 0.6) is 0 Å². The van der Waals surface area contributed by atoms with Crippen molar-refractivity contribution in [3.63, 3.8) is 0 Å². The number of aliphatic hydroxyl groups excluding tert-OH is 1. The molecule has 2 aromatic heterocycles. The van der Waals surface area contributed by atoms with Crippen LogP contribution in [-0.2, 0) is 26.6 Å². The van der Waals surface area contributed by atoms with Crippen molar-refractivity contribution < 1.29 is 5.11 Å².